The average molecular weight is 511 g/mol. The van der Waals surface area contributed by atoms with Gasteiger partial charge in [-0.25, -0.2) is 9.37 Å². The van der Waals surface area contributed by atoms with Crippen LogP contribution in [0.2, 0.25) is 0 Å². The summed E-state index contributed by atoms with van der Waals surface area (Å²) in [6.07, 6.45) is 3.39. The number of hydrogen-bond donors (Lipinski definition) is 0. The minimum absolute atomic E-state index is 0. The number of nitrogens with zero attached hydrogens (tertiary/aromatic N) is 2. The van der Waals surface area contributed by atoms with E-state index in [1.54, 1.807) is 29.3 Å². The number of amides is 1. The fourth-order valence-corrected chi connectivity index (χ4v) is 4.32. The van der Waals surface area contributed by atoms with Gasteiger partial charge in [0, 0.05) is 35.4 Å². The van der Waals surface area contributed by atoms with Crippen molar-refractivity contribution in [1.29, 1.82) is 0 Å². The minimum atomic E-state index is -2.34. The first kappa shape index (κ1) is 28.8. The Balaban J connectivity index is 0.000000336. The third-order valence-electron chi connectivity index (χ3n) is 5.10. The molecule has 2 aromatic carbocycles. The number of thiazole rings is 1. The molecule has 0 radical (unpaired) electrons. The van der Waals surface area contributed by atoms with E-state index in [1.165, 1.54) is 29.5 Å². The number of fused-ring (bicyclic) bond motifs is 1. The largest absolute Gasteiger partial charge is 1.00 e. The van der Waals surface area contributed by atoms with Gasteiger partial charge in [0.1, 0.15) is 10.8 Å². The zero-order valence-corrected chi connectivity index (χ0v) is 20.8. The Labute approximate surface area is 220 Å². The van der Waals surface area contributed by atoms with Crippen LogP contribution in [0.5, 0.6) is 0 Å². The van der Waals surface area contributed by atoms with Crippen LogP contribution in [0.25, 0.3) is 11.6 Å². The van der Waals surface area contributed by atoms with Crippen LogP contribution in [-0.2, 0) is 28.7 Å². The average Bonchev–Trinajstić information content (AvgIpc) is 3.35. The van der Waals surface area contributed by atoms with Crippen molar-refractivity contribution >= 4 is 45.3 Å². The number of aromatic nitrogens is 1. The van der Waals surface area contributed by atoms with E-state index in [0.29, 0.717) is 41.8 Å². The van der Waals surface area contributed by atoms with Gasteiger partial charge in [0.15, 0.2) is 0 Å². The zero-order chi connectivity index (χ0) is 23.5. The summed E-state index contributed by atoms with van der Waals surface area (Å²) >= 11 is 1.43. The molecule has 1 aromatic heterocycles. The molecule has 180 valence electrons. The summed E-state index contributed by atoms with van der Waals surface area (Å²) in [5.41, 5.74) is 2.07. The smallest absolute Gasteiger partial charge is 0.420 e. The second-order valence-electron chi connectivity index (χ2n) is 7.40. The van der Waals surface area contributed by atoms with Crippen LogP contribution in [0.15, 0.2) is 52.9 Å². The predicted octanol–water partition coefficient (Wildman–Crippen LogP) is 1.95. The van der Waals surface area contributed by atoms with Crippen molar-refractivity contribution in [2.45, 2.75) is 4.90 Å². The van der Waals surface area contributed by atoms with Crippen molar-refractivity contribution in [3.05, 3.63) is 90.1 Å². The zero-order valence-electron chi connectivity index (χ0n) is 19.2. The molecule has 3 heterocycles. The molecule has 2 aliphatic rings. The van der Waals surface area contributed by atoms with Crippen molar-refractivity contribution in [1.82, 2.24) is 4.98 Å². The van der Waals surface area contributed by atoms with Gasteiger partial charge in [0.2, 0.25) is 0 Å². The molecule has 0 aliphatic carbocycles. The van der Waals surface area contributed by atoms with E-state index in [2.05, 4.69) is 11.9 Å². The van der Waals surface area contributed by atoms with Gasteiger partial charge in [0.05, 0.1) is 24.5 Å². The van der Waals surface area contributed by atoms with Gasteiger partial charge in [-0.05, 0) is 28.9 Å². The first-order chi connectivity index (χ1) is 15.8. The molecule has 5 rings (SSSR count). The molecule has 1 saturated heterocycles. The number of ether oxygens (including phenoxy) is 1. The summed E-state index contributed by atoms with van der Waals surface area (Å²) in [5.74, 6) is -0.981. The fourth-order valence-electron chi connectivity index (χ4n) is 3.36. The topological polar surface area (TPSA) is 76.6 Å². The first-order valence-corrected chi connectivity index (χ1v) is 11.8. The number of rotatable bonds is 4. The van der Waals surface area contributed by atoms with Gasteiger partial charge < -0.3 is 25.5 Å². The summed E-state index contributed by atoms with van der Waals surface area (Å²) in [5, 5.41) is 2.55. The van der Waals surface area contributed by atoms with Crippen LogP contribution in [0.4, 0.5) is 14.5 Å². The SMILES string of the molecule is O=C1/C(=C/c2nccs2)c2cc([S-](=O)=O)ccc2N1CC1COC1.[CH2-]c1ccc(F)cc1F.[CH3-].[Li+]. The summed E-state index contributed by atoms with van der Waals surface area (Å²) in [6, 6.07) is 8.04. The number of halogens is 2. The standard InChI is InChI=1S/C16H13N2O4S2.C7H5F2.CH3.Li/c19-16-13(6-15-17-3-4-23-15)12-5-11(24(20)21)1-2-14(12)18(16)7-10-8-22-9-10;1-5-2-3-6(8)4-7(5)9;;/h1-6,10H,7-9H2;2-4H,1H2;1H3;/q3*-1;+1/b13-6+;;;. The molecule has 0 unspecified atom stereocenters. The number of anilines is 1. The maximum atomic E-state index is 12.9. The Bertz CT molecular complexity index is 1280. The molecule has 0 atom stereocenters. The molecule has 0 N–H and O–H groups in total. The molecule has 11 heteroatoms. The van der Waals surface area contributed by atoms with E-state index in [-0.39, 0.29) is 42.7 Å². The Morgan fingerprint density at radius 3 is 2.49 bits per heavy atom. The Morgan fingerprint density at radius 2 is 1.94 bits per heavy atom. The van der Waals surface area contributed by atoms with Crippen LogP contribution in [0.3, 0.4) is 0 Å². The van der Waals surface area contributed by atoms with E-state index < -0.39 is 22.3 Å². The predicted molar refractivity (Wildman–Crippen MR) is 127 cm³/mol. The van der Waals surface area contributed by atoms with E-state index in [0.717, 1.165) is 11.8 Å². The second kappa shape index (κ2) is 12.5. The molecular formula is C24H21F2LiN2O4S2-2. The van der Waals surface area contributed by atoms with Crippen LogP contribution in [0, 0.1) is 31.9 Å². The van der Waals surface area contributed by atoms with E-state index >= 15 is 0 Å². The number of hydrogen-bond acceptors (Lipinski definition) is 7. The molecule has 1 amide bonds. The Kier molecular flexibility index (Phi) is 10.2. The van der Waals surface area contributed by atoms with E-state index in [9.17, 15) is 22.0 Å². The van der Waals surface area contributed by atoms with Gasteiger partial charge in [-0.2, -0.15) is 18.6 Å². The van der Waals surface area contributed by atoms with Gasteiger partial charge >= 0.3 is 18.9 Å². The van der Waals surface area contributed by atoms with Crippen molar-refractivity contribution in [3.8, 4) is 0 Å². The van der Waals surface area contributed by atoms with Crippen LogP contribution in [0.1, 0.15) is 16.1 Å². The third kappa shape index (κ3) is 6.60. The van der Waals surface area contributed by atoms with Gasteiger partial charge in [0.25, 0.3) is 5.91 Å². The van der Waals surface area contributed by atoms with Crippen LogP contribution in [-0.4, -0.2) is 30.6 Å². The molecule has 3 aromatic rings. The molecule has 0 bridgehead atoms. The monoisotopic (exact) mass is 510 g/mol. The molecule has 35 heavy (non-hydrogen) atoms. The Hall–Kier alpha value is -2.48. The summed E-state index contributed by atoms with van der Waals surface area (Å²) in [7, 11) is -2.34. The normalized spacial score (nSPS) is 15.6. The van der Waals surface area contributed by atoms with Gasteiger partial charge in [-0.3, -0.25) is 9.18 Å². The van der Waals surface area contributed by atoms with Crippen molar-refractivity contribution in [2.24, 2.45) is 5.92 Å². The van der Waals surface area contributed by atoms with Gasteiger partial charge in [-0.1, -0.05) is 23.1 Å². The van der Waals surface area contributed by atoms with Crippen molar-refractivity contribution < 1.29 is 45.6 Å². The number of carbonyl (C=O) groups excluding carboxylic acids is 1. The van der Waals surface area contributed by atoms with Gasteiger partial charge in [-0.15, -0.1) is 11.3 Å². The van der Waals surface area contributed by atoms with E-state index in [4.69, 9.17) is 4.74 Å². The molecule has 0 spiro atoms. The maximum Gasteiger partial charge on any atom is 1.00 e. The third-order valence-corrected chi connectivity index (χ3v) is 6.46. The molecular weight excluding hydrogens is 489 g/mol. The number of benzene rings is 2. The first-order valence-electron chi connectivity index (χ1n) is 9.85. The molecule has 1 fully saturated rings. The molecule has 6 nitrogen and oxygen atoms in total. The maximum absolute atomic E-state index is 12.9. The molecule has 2 aliphatic heterocycles. The molecule has 0 saturated carbocycles. The number of carbonyl (C=O) groups is 1. The Morgan fingerprint density at radius 1 is 1.20 bits per heavy atom. The summed E-state index contributed by atoms with van der Waals surface area (Å²) in [4.78, 5) is 18.9. The summed E-state index contributed by atoms with van der Waals surface area (Å²) < 4.78 is 52.1. The van der Waals surface area contributed by atoms with Crippen LogP contribution < -0.4 is 23.8 Å². The quantitative estimate of drug-likeness (QED) is 0.232. The fraction of sp³-hybridized carbons (Fsp3) is 0.167. The van der Waals surface area contributed by atoms with Crippen LogP contribution >= 0.6 is 11.3 Å². The second-order valence-corrected chi connectivity index (χ2v) is 9.26. The van der Waals surface area contributed by atoms with Crippen molar-refractivity contribution in [2.75, 3.05) is 24.7 Å². The minimum Gasteiger partial charge on any atom is -0.420 e. The van der Waals surface area contributed by atoms with Crippen molar-refractivity contribution in [3.63, 3.8) is 0 Å². The van der Waals surface area contributed by atoms with E-state index in [1.807, 2.05) is 5.38 Å². The summed E-state index contributed by atoms with van der Waals surface area (Å²) in [6.45, 7) is 5.18.